The number of rotatable bonds is 3. The molecule has 0 radical (unpaired) electrons. The molecule has 116 valence electrons. The van der Waals surface area contributed by atoms with Crippen molar-refractivity contribution in [2.75, 3.05) is 0 Å². The first-order chi connectivity index (χ1) is 11.0. The third kappa shape index (κ3) is 2.93. The molecular weight excluding hydrogens is 334 g/mol. The SMILES string of the molecule is Cc1nn(-c2ccc(Cl)cc2)c2sc(C(=O)OC(C)C#N)cc12. The van der Waals surface area contributed by atoms with Gasteiger partial charge in [0.2, 0.25) is 0 Å². The van der Waals surface area contributed by atoms with Crippen LogP contribution in [-0.2, 0) is 4.74 Å². The van der Waals surface area contributed by atoms with Gasteiger partial charge in [0.15, 0.2) is 6.10 Å². The number of hydrogen-bond acceptors (Lipinski definition) is 5. The summed E-state index contributed by atoms with van der Waals surface area (Å²) in [5, 5.41) is 14.8. The molecule has 0 saturated heterocycles. The van der Waals surface area contributed by atoms with Crippen molar-refractivity contribution in [2.24, 2.45) is 0 Å². The maximum Gasteiger partial charge on any atom is 0.349 e. The van der Waals surface area contributed by atoms with E-state index in [1.165, 1.54) is 18.3 Å². The van der Waals surface area contributed by atoms with Gasteiger partial charge in [0.1, 0.15) is 15.8 Å². The Balaban J connectivity index is 2.03. The van der Waals surface area contributed by atoms with Crippen molar-refractivity contribution >= 4 is 39.1 Å². The molecule has 0 saturated carbocycles. The van der Waals surface area contributed by atoms with Gasteiger partial charge >= 0.3 is 5.97 Å². The van der Waals surface area contributed by atoms with Gasteiger partial charge in [0, 0.05) is 10.4 Å². The second kappa shape index (κ2) is 6.03. The minimum Gasteiger partial charge on any atom is -0.443 e. The fourth-order valence-corrected chi connectivity index (χ4v) is 3.34. The molecule has 2 aromatic heterocycles. The van der Waals surface area contributed by atoms with E-state index in [0.717, 1.165) is 21.6 Å². The van der Waals surface area contributed by atoms with E-state index in [1.807, 2.05) is 25.1 Å². The van der Waals surface area contributed by atoms with Gasteiger partial charge in [0.05, 0.1) is 11.4 Å². The predicted molar refractivity (Wildman–Crippen MR) is 89.2 cm³/mol. The monoisotopic (exact) mass is 345 g/mol. The Morgan fingerprint density at radius 3 is 2.78 bits per heavy atom. The van der Waals surface area contributed by atoms with Crippen LogP contribution in [0.4, 0.5) is 0 Å². The molecule has 0 fully saturated rings. The predicted octanol–water partition coefficient (Wildman–Crippen LogP) is 4.12. The third-order valence-electron chi connectivity index (χ3n) is 3.28. The van der Waals surface area contributed by atoms with Crippen LogP contribution >= 0.6 is 22.9 Å². The summed E-state index contributed by atoms with van der Waals surface area (Å²) < 4.78 is 6.82. The molecule has 1 atom stereocenters. The van der Waals surface area contributed by atoms with Crippen LogP contribution in [0.5, 0.6) is 0 Å². The van der Waals surface area contributed by atoms with Gasteiger partial charge in [-0.1, -0.05) is 11.6 Å². The first kappa shape index (κ1) is 15.5. The number of nitrogens with zero attached hydrogens (tertiary/aromatic N) is 3. The summed E-state index contributed by atoms with van der Waals surface area (Å²) in [6.07, 6.45) is -0.776. The van der Waals surface area contributed by atoms with Crippen molar-refractivity contribution in [3.63, 3.8) is 0 Å². The number of halogens is 1. The summed E-state index contributed by atoms with van der Waals surface area (Å²) in [7, 11) is 0. The van der Waals surface area contributed by atoms with Crippen LogP contribution in [0.3, 0.4) is 0 Å². The smallest absolute Gasteiger partial charge is 0.349 e. The van der Waals surface area contributed by atoms with E-state index >= 15 is 0 Å². The summed E-state index contributed by atoms with van der Waals surface area (Å²) in [6.45, 7) is 3.42. The van der Waals surface area contributed by atoms with E-state index in [9.17, 15) is 4.79 Å². The van der Waals surface area contributed by atoms with E-state index in [2.05, 4.69) is 5.10 Å². The van der Waals surface area contributed by atoms with Crippen LogP contribution in [0.2, 0.25) is 5.02 Å². The Morgan fingerprint density at radius 2 is 2.13 bits per heavy atom. The molecule has 3 aromatic rings. The number of benzene rings is 1. The summed E-state index contributed by atoms with van der Waals surface area (Å²) in [6, 6.07) is 10.9. The Hall–Kier alpha value is -2.36. The van der Waals surface area contributed by atoms with Gasteiger partial charge in [-0.05, 0) is 44.2 Å². The molecule has 0 aliphatic rings. The summed E-state index contributed by atoms with van der Waals surface area (Å²) in [5.74, 6) is -0.498. The van der Waals surface area contributed by atoms with Crippen LogP contribution < -0.4 is 0 Å². The number of thiophene rings is 1. The minimum atomic E-state index is -0.776. The molecule has 1 aromatic carbocycles. The first-order valence-electron chi connectivity index (χ1n) is 6.85. The number of carbonyl (C=O) groups excluding carboxylic acids is 1. The molecule has 0 spiro atoms. The number of nitriles is 1. The van der Waals surface area contributed by atoms with E-state index in [4.69, 9.17) is 21.6 Å². The second-order valence-electron chi connectivity index (χ2n) is 4.98. The third-order valence-corrected chi connectivity index (χ3v) is 4.63. The molecule has 2 heterocycles. The van der Waals surface area contributed by atoms with Crippen molar-refractivity contribution in [2.45, 2.75) is 20.0 Å². The van der Waals surface area contributed by atoms with Gasteiger partial charge in [-0.15, -0.1) is 11.3 Å². The van der Waals surface area contributed by atoms with Crippen molar-refractivity contribution in [3.05, 3.63) is 45.9 Å². The fourth-order valence-electron chi connectivity index (χ4n) is 2.15. The van der Waals surface area contributed by atoms with Crippen LogP contribution in [-0.4, -0.2) is 21.9 Å². The average molecular weight is 346 g/mol. The summed E-state index contributed by atoms with van der Waals surface area (Å²) in [5.41, 5.74) is 1.68. The van der Waals surface area contributed by atoms with Crippen LogP contribution in [0, 0.1) is 18.3 Å². The average Bonchev–Trinajstić information content (AvgIpc) is 3.09. The lowest BCUT2D eigenvalue weighted by Crippen LogP contribution is -2.11. The summed E-state index contributed by atoms with van der Waals surface area (Å²) in [4.78, 5) is 13.4. The molecular formula is C16H12ClN3O2S. The lowest BCUT2D eigenvalue weighted by Gasteiger charge is -2.04. The van der Waals surface area contributed by atoms with E-state index in [1.54, 1.807) is 22.9 Å². The Morgan fingerprint density at radius 1 is 1.43 bits per heavy atom. The lowest BCUT2D eigenvalue weighted by atomic mass is 10.3. The highest BCUT2D eigenvalue weighted by molar-refractivity contribution is 7.20. The normalized spacial score (nSPS) is 12.1. The van der Waals surface area contributed by atoms with E-state index in [-0.39, 0.29) is 0 Å². The number of carbonyl (C=O) groups is 1. The van der Waals surface area contributed by atoms with Gasteiger partial charge < -0.3 is 4.74 Å². The molecule has 3 rings (SSSR count). The highest BCUT2D eigenvalue weighted by Crippen LogP contribution is 2.31. The van der Waals surface area contributed by atoms with E-state index in [0.29, 0.717) is 9.90 Å². The van der Waals surface area contributed by atoms with E-state index < -0.39 is 12.1 Å². The lowest BCUT2D eigenvalue weighted by molar-refractivity contribution is 0.0441. The highest BCUT2D eigenvalue weighted by Gasteiger charge is 2.19. The van der Waals surface area contributed by atoms with Crippen molar-refractivity contribution in [1.82, 2.24) is 9.78 Å². The number of esters is 1. The number of hydrogen-bond donors (Lipinski definition) is 0. The van der Waals surface area contributed by atoms with Crippen molar-refractivity contribution in [3.8, 4) is 11.8 Å². The topological polar surface area (TPSA) is 67.9 Å². The first-order valence-corrected chi connectivity index (χ1v) is 8.04. The van der Waals surface area contributed by atoms with Crippen LogP contribution in [0.15, 0.2) is 30.3 Å². The number of aryl methyl sites for hydroxylation is 1. The van der Waals surface area contributed by atoms with Crippen molar-refractivity contribution < 1.29 is 9.53 Å². The molecule has 5 nitrogen and oxygen atoms in total. The van der Waals surface area contributed by atoms with Crippen molar-refractivity contribution in [1.29, 1.82) is 5.26 Å². The zero-order valence-corrected chi connectivity index (χ0v) is 14.0. The fraction of sp³-hybridized carbons (Fsp3) is 0.188. The molecule has 1 unspecified atom stereocenters. The largest absolute Gasteiger partial charge is 0.443 e. The summed E-state index contributed by atoms with van der Waals surface area (Å²) >= 11 is 7.20. The zero-order chi connectivity index (χ0) is 16.6. The maximum atomic E-state index is 12.1. The Kier molecular flexibility index (Phi) is 4.07. The molecule has 0 bridgehead atoms. The molecule has 23 heavy (non-hydrogen) atoms. The van der Waals surface area contributed by atoms with Crippen LogP contribution in [0.1, 0.15) is 22.3 Å². The van der Waals surface area contributed by atoms with Gasteiger partial charge in [0.25, 0.3) is 0 Å². The second-order valence-corrected chi connectivity index (χ2v) is 6.45. The highest BCUT2D eigenvalue weighted by atomic mass is 35.5. The van der Waals surface area contributed by atoms with Crippen LogP contribution in [0.25, 0.3) is 15.9 Å². The molecule has 0 aliphatic carbocycles. The number of ether oxygens (including phenoxy) is 1. The molecule has 0 N–H and O–H groups in total. The maximum absolute atomic E-state index is 12.1. The zero-order valence-electron chi connectivity index (χ0n) is 12.4. The van der Waals surface area contributed by atoms with Gasteiger partial charge in [-0.2, -0.15) is 10.4 Å². The standard InChI is InChI=1S/C16H12ClN3O2S/c1-9(8-18)22-16(21)14-7-13-10(2)19-20(15(13)23-14)12-5-3-11(17)4-6-12/h3-7,9H,1-2H3. The Labute approximate surface area is 141 Å². The quantitative estimate of drug-likeness (QED) is 0.670. The number of aromatic nitrogens is 2. The molecule has 7 heteroatoms. The number of fused-ring (bicyclic) bond motifs is 1. The Bertz CT molecular complexity index is 921. The molecule has 0 amide bonds. The minimum absolute atomic E-state index is 0.449. The molecule has 0 aliphatic heterocycles. The van der Waals surface area contributed by atoms with Gasteiger partial charge in [-0.25, -0.2) is 9.48 Å². The van der Waals surface area contributed by atoms with Gasteiger partial charge in [-0.3, -0.25) is 0 Å².